The van der Waals surface area contributed by atoms with Crippen LogP contribution in [0.2, 0.25) is 0 Å². The molecule has 1 aromatic carbocycles. The second-order valence-electron chi connectivity index (χ2n) is 10.5. The number of amides is 1. The lowest BCUT2D eigenvalue weighted by atomic mass is 9.69. The van der Waals surface area contributed by atoms with Crippen LogP contribution in [0.5, 0.6) is 0 Å². The predicted octanol–water partition coefficient (Wildman–Crippen LogP) is 4.97. The maximum Gasteiger partial charge on any atom is 0.303 e. The Morgan fingerprint density at radius 2 is 1.97 bits per heavy atom. The number of fused-ring (bicyclic) bond motifs is 1. The molecule has 0 radical (unpaired) electrons. The third-order valence-electron chi connectivity index (χ3n) is 6.77. The molecule has 1 heterocycles. The number of para-hydroxylation sites is 2. The number of carbonyl (C=O) groups is 2. The van der Waals surface area contributed by atoms with E-state index in [1.165, 1.54) is 5.57 Å². The summed E-state index contributed by atoms with van der Waals surface area (Å²) in [6, 6.07) is 8.12. The molecule has 3 atom stereocenters. The van der Waals surface area contributed by atoms with Gasteiger partial charge in [-0.15, -0.1) is 0 Å². The lowest BCUT2D eigenvalue weighted by Crippen LogP contribution is -2.38. The number of carboxylic acid groups (broad SMARTS) is 1. The van der Waals surface area contributed by atoms with Crippen molar-refractivity contribution in [2.75, 3.05) is 6.54 Å². The molecular formula is C26H37N3O3. The summed E-state index contributed by atoms with van der Waals surface area (Å²) < 4.78 is 0. The number of rotatable bonds is 9. The number of nitrogens with zero attached hydrogens (tertiary/aromatic N) is 1. The Labute approximate surface area is 190 Å². The first-order valence-electron chi connectivity index (χ1n) is 11.6. The Morgan fingerprint density at radius 1 is 1.25 bits per heavy atom. The third kappa shape index (κ3) is 6.21. The Hall–Kier alpha value is -2.63. The van der Waals surface area contributed by atoms with Crippen molar-refractivity contribution >= 4 is 22.9 Å². The van der Waals surface area contributed by atoms with Crippen molar-refractivity contribution in [2.24, 2.45) is 29.1 Å². The first-order chi connectivity index (χ1) is 15.0. The van der Waals surface area contributed by atoms with Crippen LogP contribution in [0.1, 0.15) is 59.7 Å². The van der Waals surface area contributed by atoms with Crippen LogP contribution >= 0.6 is 0 Å². The van der Waals surface area contributed by atoms with Gasteiger partial charge in [0.25, 0.3) is 0 Å². The molecule has 6 nitrogen and oxygen atoms in total. The van der Waals surface area contributed by atoms with Gasteiger partial charge in [-0.3, -0.25) is 9.59 Å². The number of allylic oxidation sites excluding steroid dienone is 1. The SMILES string of the molecule is CC1=CC(CNC(=O)CC(C)(C)CC(=O)O)C(C(C)C)CC1Cc1nc2ccccc2[nH]1. The Bertz CT molecular complexity index is 956. The zero-order valence-electron chi connectivity index (χ0n) is 19.9. The molecule has 0 bridgehead atoms. The second-order valence-corrected chi connectivity index (χ2v) is 10.5. The Kier molecular flexibility index (Phi) is 7.42. The molecule has 0 fully saturated rings. The number of aromatic amines is 1. The summed E-state index contributed by atoms with van der Waals surface area (Å²) in [7, 11) is 0. The van der Waals surface area contributed by atoms with E-state index in [4.69, 9.17) is 10.1 Å². The van der Waals surface area contributed by atoms with Gasteiger partial charge in [-0.05, 0) is 54.6 Å². The van der Waals surface area contributed by atoms with Gasteiger partial charge in [0.2, 0.25) is 5.91 Å². The number of imidazole rings is 1. The summed E-state index contributed by atoms with van der Waals surface area (Å²) in [5.74, 6) is 1.78. The largest absolute Gasteiger partial charge is 0.481 e. The maximum absolute atomic E-state index is 12.5. The number of benzene rings is 1. The van der Waals surface area contributed by atoms with E-state index in [9.17, 15) is 9.59 Å². The van der Waals surface area contributed by atoms with Crippen LogP contribution in [0.4, 0.5) is 0 Å². The molecule has 1 aromatic heterocycles. The lowest BCUT2D eigenvalue weighted by molar-refractivity contribution is -0.139. The van der Waals surface area contributed by atoms with E-state index < -0.39 is 11.4 Å². The van der Waals surface area contributed by atoms with E-state index in [1.807, 2.05) is 32.0 Å². The molecule has 32 heavy (non-hydrogen) atoms. The molecule has 1 amide bonds. The quantitative estimate of drug-likeness (QED) is 0.481. The zero-order chi connectivity index (χ0) is 23.5. The van der Waals surface area contributed by atoms with Crippen LogP contribution in [-0.4, -0.2) is 33.5 Å². The summed E-state index contributed by atoms with van der Waals surface area (Å²) in [4.78, 5) is 31.7. The fourth-order valence-electron chi connectivity index (χ4n) is 5.04. The molecule has 174 valence electrons. The molecule has 1 aliphatic rings. The van der Waals surface area contributed by atoms with Crippen molar-refractivity contribution in [1.82, 2.24) is 15.3 Å². The monoisotopic (exact) mass is 439 g/mol. The van der Waals surface area contributed by atoms with Gasteiger partial charge in [0.05, 0.1) is 17.5 Å². The predicted molar refractivity (Wildman–Crippen MR) is 127 cm³/mol. The Morgan fingerprint density at radius 3 is 2.62 bits per heavy atom. The number of H-pyrrole nitrogens is 1. The van der Waals surface area contributed by atoms with Gasteiger partial charge >= 0.3 is 5.97 Å². The lowest BCUT2D eigenvalue weighted by Gasteiger charge is -2.37. The number of carbonyl (C=O) groups excluding carboxylic acids is 1. The van der Waals surface area contributed by atoms with Crippen molar-refractivity contribution in [3.63, 3.8) is 0 Å². The molecule has 1 aliphatic carbocycles. The fraction of sp³-hybridized carbons (Fsp3) is 0.577. The van der Waals surface area contributed by atoms with Gasteiger partial charge < -0.3 is 15.4 Å². The van der Waals surface area contributed by atoms with Gasteiger partial charge in [0.15, 0.2) is 0 Å². The van der Waals surface area contributed by atoms with Crippen molar-refractivity contribution in [1.29, 1.82) is 0 Å². The van der Waals surface area contributed by atoms with Gasteiger partial charge in [0.1, 0.15) is 5.82 Å². The molecule has 0 saturated carbocycles. The fourth-order valence-corrected chi connectivity index (χ4v) is 5.04. The van der Waals surface area contributed by atoms with Crippen molar-refractivity contribution in [3.8, 4) is 0 Å². The maximum atomic E-state index is 12.5. The topological polar surface area (TPSA) is 95.1 Å². The zero-order valence-corrected chi connectivity index (χ0v) is 19.9. The summed E-state index contributed by atoms with van der Waals surface area (Å²) in [6.07, 6.45) is 4.51. The van der Waals surface area contributed by atoms with Crippen LogP contribution in [0.15, 0.2) is 35.9 Å². The minimum Gasteiger partial charge on any atom is -0.481 e. The number of aliphatic carboxylic acids is 1. The van der Waals surface area contributed by atoms with Gasteiger partial charge in [0, 0.05) is 19.4 Å². The summed E-state index contributed by atoms with van der Waals surface area (Å²) in [5.41, 5.74) is 2.88. The second kappa shape index (κ2) is 9.88. The minimum atomic E-state index is -0.871. The number of hydrogen-bond acceptors (Lipinski definition) is 3. The molecule has 2 aromatic rings. The first-order valence-corrected chi connectivity index (χ1v) is 11.6. The average Bonchev–Trinajstić information content (AvgIpc) is 3.08. The normalized spacial score (nSPS) is 21.6. The van der Waals surface area contributed by atoms with Crippen LogP contribution in [0.25, 0.3) is 11.0 Å². The smallest absolute Gasteiger partial charge is 0.303 e. The number of hydrogen-bond donors (Lipinski definition) is 3. The van der Waals surface area contributed by atoms with E-state index in [1.54, 1.807) is 0 Å². The van der Waals surface area contributed by atoms with E-state index >= 15 is 0 Å². The van der Waals surface area contributed by atoms with Crippen molar-refractivity contribution in [2.45, 2.75) is 60.3 Å². The van der Waals surface area contributed by atoms with Gasteiger partial charge in [-0.25, -0.2) is 4.98 Å². The van der Waals surface area contributed by atoms with Crippen LogP contribution in [-0.2, 0) is 16.0 Å². The highest BCUT2D eigenvalue weighted by atomic mass is 16.4. The Balaban J connectivity index is 1.64. The minimum absolute atomic E-state index is 0.0129. The number of carboxylic acids is 1. The summed E-state index contributed by atoms with van der Waals surface area (Å²) in [5, 5.41) is 12.1. The highest BCUT2D eigenvalue weighted by Gasteiger charge is 2.33. The first kappa shape index (κ1) is 24.0. The van der Waals surface area contributed by atoms with E-state index in [0.717, 1.165) is 29.7 Å². The van der Waals surface area contributed by atoms with Gasteiger partial charge in [-0.2, -0.15) is 0 Å². The summed E-state index contributed by atoms with van der Waals surface area (Å²) in [6.45, 7) is 10.9. The molecular weight excluding hydrogens is 402 g/mol. The van der Waals surface area contributed by atoms with E-state index in [-0.39, 0.29) is 24.7 Å². The number of nitrogens with one attached hydrogen (secondary N) is 2. The van der Waals surface area contributed by atoms with Crippen molar-refractivity contribution in [3.05, 3.63) is 41.7 Å². The van der Waals surface area contributed by atoms with Crippen LogP contribution < -0.4 is 5.32 Å². The van der Waals surface area contributed by atoms with Crippen molar-refractivity contribution < 1.29 is 14.7 Å². The molecule has 3 N–H and O–H groups in total. The average molecular weight is 440 g/mol. The van der Waals surface area contributed by atoms with Crippen LogP contribution in [0, 0.1) is 29.1 Å². The van der Waals surface area contributed by atoms with Crippen LogP contribution in [0.3, 0.4) is 0 Å². The molecule has 3 rings (SSSR count). The molecule has 0 aliphatic heterocycles. The molecule has 3 unspecified atom stereocenters. The molecule has 6 heteroatoms. The van der Waals surface area contributed by atoms with E-state index in [0.29, 0.717) is 24.3 Å². The molecule has 0 saturated heterocycles. The molecule has 0 spiro atoms. The number of aromatic nitrogens is 2. The highest BCUT2D eigenvalue weighted by Crippen LogP contribution is 2.38. The highest BCUT2D eigenvalue weighted by molar-refractivity contribution is 5.78. The summed E-state index contributed by atoms with van der Waals surface area (Å²) >= 11 is 0. The van der Waals surface area contributed by atoms with E-state index in [2.05, 4.69) is 43.2 Å². The third-order valence-corrected chi connectivity index (χ3v) is 6.77. The van der Waals surface area contributed by atoms with Gasteiger partial charge in [-0.1, -0.05) is 51.5 Å². The standard InChI is InChI=1S/C26H37N3O3/c1-16(2)20-11-18(12-23-28-21-8-6-7-9-22(21)29-23)17(3)10-19(20)15-27-24(30)13-26(4,5)14-25(31)32/h6-10,16,18-20H,11-15H2,1-5H3,(H,27,30)(H,28,29)(H,31,32).